The first-order chi connectivity index (χ1) is 7.61. The second-order valence-electron chi connectivity index (χ2n) is 3.38. The number of amides is 1. The van der Waals surface area contributed by atoms with Gasteiger partial charge in [0.25, 0.3) is 0 Å². The zero-order valence-corrected chi connectivity index (χ0v) is 11.4. The fourth-order valence-electron chi connectivity index (χ4n) is 1.21. The summed E-state index contributed by atoms with van der Waals surface area (Å²) in [5, 5.41) is 4.66. The number of halogens is 1. The molecule has 0 aromatic carbocycles. The Kier molecular flexibility index (Phi) is 5.53. The van der Waals surface area contributed by atoms with Gasteiger partial charge in [0.05, 0.1) is 13.1 Å². The van der Waals surface area contributed by atoms with Gasteiger partial charge in [-0.2, -0.15) is 0 Å². The number of hydrogen-bond acceptors (Lipinski definition) is 3. The van der Waals surface area contributed by atoms with Gasteiger partial charge in [0, 0.05) is 21.3 Å². The molecule has 0 fully saturated rings. The fourth-order valence-corrected chi connectivity index (χ4v) is 2.74. The van der Waals surface area contributed by atoms with Gasteiger partial charge in [-0.05, 0) is 29.0 Å². The standard InChI is InChI=1S/C11H13BrN2OS/c1-3-4-13-11(15)7-14(2)6-10-5-9(12)8-16-10/h1,5,8H,4,6-7H2,2H3,(H,13,15). The van der Waals surface area contributed by atoms with Crippen LogP contribution < -0.4 is 5.32 Å². The van der Waals surface area contributed by atoms with Crippen LogP contribution in [0, 0.1) is 12.3 Å². The minimum Gasteiger partial charge on any atom is -0.344 e. The van der Waals surface area contributed by atoms with Crippen molar-refractivity contribution in [3.63, 3.8) is 0 Å². The molecule has 5 heteroatoms. The molecule has 1 amide bonds. The summed E-state index contributed by atoms with van der Waals surface area (Å²) in [6, 6.07) is 2.06. The molecule has 1 aromatic heterocycles. The molecular formula is C11H13BrN2OS. The number of terminal acetylenes is 1. The summed E-state index contributed by atoms with van der Waals surface area (Å²) in [5.74, 6) is 2.32. The highest BCUT2D eigenvalue weighted by Crippen LogP contribution is 2.20. The van der Waals surface area contributed by atoms with Crippen molar-refractivity contribution in [2.45, 2.75) is 6.54 Å². The van der Waals surface area contributed by atoms with E-state index in [4.69, 9.17) is 6.42 Å². The smallest absolute Gasteiger partial charge is 0.234 e. The lowest BCUT2D eigenvalue weighted by atomic mass is 10.4. The average Bonchev–Trinajstić information content (AvgIpc) is 2.60. The van der Waals surface area contributed by atoms with Gasteiger partial charge in [-0.25, -0.2) is 0 Å². The van der Waals surface area contributed by atoms with E-state index in [-0.39, 0.29) is 12.5 Å². The summed E-state index contributed by atoms with van der Waals surface area (Å²) in [5.41, 5.74) is 0. The maximum absolute atomic E-state index is 11.4. The number of thiophene rings is 1. The van der Waals surface area contributed by atoms with Crippen molar-refractivity contribution >= 4 is 33.2 Å². The fraction of sp³-hybridized carbons (Fsp3) is 0.364. The maximum Gasteiger partial charge on any atom is 0.234 e. The molecule has 0 aliphatic rings. The normalized spacial score (nSPS) is 10.1. The first kappa shape index (κ1) is 13.2. The summed E-state index contributed by atoms with van der Waals surface area (Å²) in [4.78, 5) is 14.5. The van der Waals surface area contributed by atoms with Crippen molar-refractivity contribution in [1.82, 2.24) is 10.2 Å². The second-order valence-corrected chi connectivity index (χ2v) is 5.30. The van der Waals surface area contributed by atoms with Crippen LogP contribution in [0.5, 0.6) is 0 Å². The van der Waals surface area contributed by atoms with E-state index in [0.717, 1.165) is 11.0 Å². The Hall–Kier alpha value is -0.830. The molecule has 1 rings (SSSR count). The van der Waals surface area contributed by atoms with E-state index in [1.807, 2.05) is 17.3 Å². The number of rotatable bonds is 5. The molecule has 0 spiro atoms. The third kappa shape index (κ3) is 4.79. The topological polar surface area (TPSA) is 32.3 Å². The van der Waals surface area contributed by atoms with Crippen molar-refractivity contribution in [2.75, 3.05) is 20.1 Å². The van der Waals surface area contributed by atoms with Gasteiger partial charge in [-0.1, -0.05) is 5.92 Å². The van der Waals surface area contributed by atoms with Gasteiger partial charge in [0.1, 0.15) is 0 Å². The Labute approximate surface area is 108 Å². The quantitative estimate of drug-likeness (QED) is 0.840. The highest BCUT2D eigenvalue weighted by molar-refractivity contribution is 9.10. The molecule has 86 valence electrons. The zero-order chi connectivity index (χ0) is 12.0. The van der Waals surface area contributed by atoms with Gasteiger partial charge in [0.2, 0.25) is 5.91 Å². The Morgan fingerprint density at radius 2 is 2.50 bits per heavy atom. The molecule has 0 unspecified atom stereocenters. The SMILES string of the molecule is C#CCNC(=O)CN(C)Cc1cc(Br)cs1. The number of carbonyl (C=O) groups excluding carboxylic acids is 1. The molecule has 0 saturated carbocycles. The van der Waals surface area contributed by atoms with E-state index in [2.05, 4.69) is 33.2 Å². The second kappa shape index (κ2) is 6.69. The van der Waals surface area contributed by atoms with E-state index < -0.39 is 0 Å². The summed E-state index contributed by atoms with van der Waals surface area (Å²) in [6.45, 7) is 1.41. The molecule has 0 bridgehead atoms. The number of carbonyl (C=O) groups is 1. The Bertz CT molecular complexity index is 397. The van der Waals surface area contributed by atoms with Crippen molar-refractivity contribution in [3.05, 3.63) is 20.8 Å². The minimum atomic E-state index is -0.0453. The van der Waals surface area contributed by atoms with Crippen molar-refractivity contribution in [3.8, 4) is 12.3 Å². The van der Waals surface area contributed by atoms with Crippen LogP contribution in [0.2, 0.25) is 0 Å². The summed E-state index contributed by atoms with van der Waals surface area (Å²) >= 11 is 5.07. The van der Waals surface area contributed by atoms with E-state index in [1.165, 1.54) is 4.88 Å². The van der Waals surface area contributed by atoms with Crippen LogP contribution in [-0.4, -0.2) is 30.9 Å². The molecule has 16 heavy (non-hydrogen) atoms. The average molecular weight is 301 g/mol. The third-order valence-corrected chi connectivity index (χ3v) is 3.53. The zero-order valence-electron chi connectivity index (χ0n) is 9.00. The number of nitrogens with zero attached hydrogens (tertiary/aromatic N) is 1. The Morgan fingerprint density at radius 1 is 1.75 bits per heavy atom. The van der Waals surface area contributed by atoms with Crippen molar-refractivity contribution in [2.24, 2.45) is 0 Å². The lowest BCUT2D eigenvalue weighted by Gasteiger charge is -2.14. The molecule has 1 heterocycles. The highest BCUT2D eigenvalue weighted by Gasteiger charge is 2.07. The van der Waals surface area contributed by atoms with Gasteiger partial charge in [-0.3, -0.25) is 9.69 Å². The molecule has 1 N–H and O–H groups in total. The van der Waals surface area contributed by atoms with Crippen LogP contribution in [0.4, 0.5) is 0 Å². The Balaban J connectivity index is 2.33. The molecular weight excluding hydrogens is 288 g/mol. The summed E-state index contributed by atoms with van der Waals surface area (Å²) < 4.78 is 1.08. The molecule has 1 aromatic rings. The van der Waals surface area contributed by atoms with Crippen molar-refractivity contribution < 1.29 is 4.79 Å². The van der Waals surface area contributed by atoms with E-state index in [1.54, 1.807) is 11.3 Å². The predicted octanol–water partition coefficient (Wildman–Crippen LogP) is 1.69. The van der Waals surface area contributed by atoms with Gasteiger partial charge < -0.3 is 5.32 Å². The predicted molar refractivity (Wildman–Crippen MR) is 70.2 cm³/mol. The third-order valence-electron chi connectivity index (χ3n) is 1.85. The summed E-state index contributed by atoms with van der Waals surface area (Å²) in [6.07, 6.45) is 5.05. The molecule has 0 radical (unpaired) electrons. The molecule has 0 saturated heterocycles. The van der Waals surface area contributed by atoms with Crippen LogP contribution in [0.15, 0.2) is 15.9 Å². The molecule has 0 aliphatic carbocycles. The number of nitrogens with one attached hydrogen (secondary N) is 1. The van der Waals surface area contributed by atoms with Gasteiger partial charge >= 0.3 is 0 Å². The lowest BCUT2D eigenvalue weighted by molar-refractivity contribution is -0.121. The largest absolute Gasteiger partial charge is 0.344 e. The molecule has 0 atom stereocenters. The number of likely N-dealkylation sites (N-methyl/N-ethyl adjacent to an activating group) is 1. The summed E-state index contributed by atoms with van der Waals surface area (Å²) in [7, 11) is 1.91. The van der Waals surface area contributed by atoms with Gasteiger partial charge in [-0.15, -0.1) is 17.8 Å². The number of hydrogen-bond donors (Lipinski definition) is 1. The Morgan fingerprint density at radius 3 is 3.06 bits per heavy atom. The van der Waals surface area contributed by atoms with Gasteiger partial charge in [0.15, 0.2) is 0 Å². The van der Waals surface area contributed by atoms with Crippen LogP contribution in [-0.2, 0) is 11.3 Å². The van der Waals surface area contributed by atoms with Crippen LogP contribution >= 0.6 is 27.3 Å². The first-order valence-corrected chi connectivity index (χ1v) is 6.40. The van der Waals surface area contributed by atoms with Crippen LogP contribution in [0.1, 0.15) is 4.88 Å². The van der Waals surface area contributed by atoms with E-state index in [9.17, 15) is 4.79 Å². The monoisotopic (exact) mass is 300 g/mol. The lowest BCUT2D eigenvalue weighted by Crippen LogP contribution is -2.34. The van der Waals surface area contributed by atoms with Crippen molar-refractivity contribution in [1.29, 1.82) is 0 Å². The minimum absolute atomic E-state index is 0.0453. The van der Waals surface area contributed by atoms with Crippen LogP contribution in [0.3, 0.4) is 0 Å². The van der Waals surface area contributed by atoms with E-state index in [0.29, 0.717) is 6.54 Å². The highest BCUT2D eigenvalue weighted by atomic mass is 79.9. The first-order valence-electron chi connectivity index (χ1n) is 4.73. The molecule has 3 nitrogen and oxygen atoms in total. The maximum atomic E-state index is 11.4. The van der Waals surface area contributed by atoms with Crippen LogP contribution in [0.25, 0.3) is 0 Å². The molecule has 0 aliphatic heterocycles. The van der Waals surface area contributed by atoms with E-state index >= 15 is 0 Å².